The molecule has 0 spiro atoms. The summed E-state index contributed by atoms with van der Waals surface area (Å²) in [5.41, 5.74) is 0. The monoisotopic (exact) mass is 1460 g/mol. The normalized spacial score (nSPS) is 26.2. The molecule has 102 heavy (non-hydrogen) atoms. The van der Waals surface area contributed by atoms with Gasteiger partial charge >= 0.3 is 0 Å². The molecule has 0 aromatic heterocycles. The summed E-state index contributed by atoms with van der Waals surface area (Å²) in [6.45, 7) is 1.77. The molecular formula is C83H157NO18. The summed E-state index contributed by atoms with van der Waals surface area (Å²) in [4.78, 5) is 13.5. The third kappa shape index (κ3) is 43.5. The molecule has 3 saturated heterocycles. The Kier molecular flexibility index (Phi) is 59.4. The van der Waals surface area contributed by atoms with Crippen molar-refractivity contribution in [1.29, 1.82) is 0 Å². The molecular weight excluding hydrogens is 1300 g/mol. The van der Waals surface area contributed by atoms with Crippen LogP contribution in [0.25, 0.3) is 0 Å². The van der Waals surface area contributed by atoms with Crippen molar-refractivity contribution >= 4 is 5.91 Å². The number of hydrogen-bond acceptors (Lipinski definition) is 18. The number of nitrogens with one attached hydrogen (secondary N) is 1. The third-order valence-electron chi connectivity index (χ3n) is 21.5. The molecule has 0 aliphatic carbocycles. The Labute approximate surface area is 619 Å². The number of carbonyl (C=O) groups is 1. The second-order valence-corrected chi connectivity index (χ2v) is 30.6. The maximum absolute atomic E-state index is 13.5. The van der Waals surface area contributed by atoms with Gasteiger partial charge in [0.15, 0.2) is 18.9 Å². The lowest BCUT2D eigenvalue weighted by atomic mass is 9.96. The summed E-state index contributed by atoms with van der Waals surface area (Å²) >= 11 is 0. The first-order chi connectivity index (χ1) is 49.8. The molecule has 602 valence electrons. The fraction of sp³-hybridized carbons (Fsp3) is 0.940. The summed E-state index contributed by atoms with van der Waals surface area (Å²) < 4.78 is 34.4. The molecule has 19 nitrogen and oxygen atoms in total. The lowest BCUT2D eigenvalue weighted by Crippen LogP contribution is -2.66. The van der Waals surface area contributed by atoms with Gasteiger partial charge in [-0.2, -0.15) is 0 Å². The third-order valence-corrected chi connectivity index (χ3v) is 21.5. The highest BCUT2D eigenvalue weighted by molar-refractivity contribution is 5.76. The predicted molar refractivity (Wildman–Crippen MR) is 406 cm³/mol. The van der Waals surface area contributed by atoms with E-state index in [-0.39, 0.29) is 18.9 Å². The highest BCUT2D eigenvalue weighted by Gasteiger charge is 2.54. The van der Waals surface area contributed by atoms with Gasteiger partial charge in [0.1, 0.15) is 73.2 Å². The number of carbonyl (C=O) groups excluding carboxylic acids is 1. The van der Waals surface area contributed by atoms with Gasteiger partial charge < -0.3 is 89.9 Å². The summed E-state index contributed by atoms with van der Waals surface area (Å²) in [6, 6.07) is -0.988. The second kappa shape index (κ2) is 64.1. The van der Waals surface area contributed by atoms with Crippen LogP contribution in [0.4, 0.5) is 0 Å². The molecule has 3 aliphatic rings. The molecule has 0 bridgehead atoms. The Hall–Kier alpha value is -1.73. The predicted octanol–water partition coefficient (Wildman–Crippen LogP) is 14.9. The van der Waals surface area contributed by atoms with Crippen molar-refractivity contribution in [2.75, 3.05) is 26.4 Å². The Morgan fingerprint density at radius 3 is 0.980 bits per heavy atom. The standard InChI is InChI=1S/C83H157NO18/c1-3-5-7-9-11-13-15-17-19-21-23-24-25-26-27-28-29-30-31-32-33-34-35-36-37-38-39-40-41-42-43-45-47-49-51-53-55-57-59-61-71(89)84-66(67(88)60-58-56-54-52-50-48-46-44-22-20-18-16-14-12-10-8-6-4-2)65-97-81-77(95)74(92)79(69(63-86)99-81)102-83-78(96)75(93)80(70(64-87)100-83)101-82-76(94)73(91)72(90)68(62-85)98-82/h50,52,58,60,66-70,72-83,85-88,90-96H,3-49,51,53-57,59,61-65H2,1-2H3,(H,84,89)/b52-50+,60-58+. The average Bonchev–Trinajstić information content (AvgIpc) is 0.779. The molecule has 3 fully saturated rings. The van der Waals surface area contributed by atoms with Crippen LogP contribution in [0.2, 0.25) is 0 Å². The topological polar surface area (TPSA) is 307 Å². The molecule has 17 atom stereocenters. The largest absolute Gasteiger partial charge is 0.394 e. The molecule has 0 radical (unpaired) electrons. The summed E-state index contributed by atoms with van der Waals surface area (Å²) in [7, 11) is 0. The van der Waals surface area contributed by atoms with E-state index in [0.717, 1.165) is 38.5 Å². The van der Waals surface area contributed by atoms with Crippen LogP contribution < -0.4 is 5.32 Å². The Balaban J connectivity index is 1.29. The van der Waals surface area contributed by atoms with Gasteiger partial charge in [0, 0.05) is 6.42 Å². The van der Waals surface area contributed by atoms with E-state index in [0.29, 0.717) is 12.8 Å². The molecule has 3 heterocycles. The van der Waals surface area contributed by atoms with E-state index in [1.165, 1.54) is 295 Å². The van der Waals surface area contributed by atoms with Crippen LogP contribution in [0.5, 0.6) is 0 Å². The summed E-state index contributed by atoms with van der Waals surface area (Å²) in [5.74, 6) is -0.277. The molecule has 0 saturated carbocycles. The van der Waals surface area contributed by atoms with Crippen LogP contribution in [0.1, 0.15) is 367 Å². The van der Waals surface area contributed by atoms with Gasteiger partial charge in [-0.15, -0.1) is 0 Å². The van der Waals surface area contributed by atoms with Gasteiger partial charge in [-0.25, -0.2) is 0 Å². The van der Waals surface area contributed by atoms with Crippen molar-refractivity contribution in [3.63, 3.8) is 0 Å². The zero-order chi connectivity index (χ0) is 73.9. The smallest absolute Gasteiger partial charge is 0.220 e. The van der Waals surface area contributed by atoms with Crippen LogP contribution >= 0.6 is 0 Å². The lowest BCUT2D eigenvalue weighted by Gasteiger charge is -2.48. The van der Waals surface area contributed by atoms with Crippen LogP contribution in [0.3, 0.4) is 0 Å². The average molecular weight is 1460 g/mol. The first kappa shape index (κ1) is 94.5. The van der Waals surface area contributed by atoms with E-state index in [4.69, 9.17) is 28.4 Å². The number of rotatable bonds is 69. The van der Waals surface area contributed by atoms with Gasteiger partial charge in [0.05, 0.1) is 38.6 Å². The zero-order valence-corrected chi connectivity index (χ0v) is 64.6. The number of ether oxygens (including phenoxy) is 6. The highest BCUT2D eigenvalue weighted by atomic mass is 16.8. The van der Waals surface area contributed by atoms with E-state index >= 15 is 0 Å². The molecule has 3 rings (SSSR count). The Morgan fingerprint density at radius 1 is 0.343 bits per heavy atom. The first-order valence-corrected chi connectivity index (χ1v) is 42.6. The molecule has 12 N–H and O–H groups in total. The highest BCUT2D eigenvalue weighted by Crippen LogP contribution is 2.33. The number of aliphatic hydroxyl groups excluding tert-OH is 11. The first-order valence-electron chi connectivity index (χ1n) is 42.6. The van der Waals surface area contributed by atoms with Gasteiger partial charge in [-0.05, 0) is 32.1 Å². The van der Waals surface area contributed by atoms with E-state index < -0.39 is 124 Å². The second-order valence-electron chi connectivity index (χ2n) is 30.6. The fourth-order valence-corrected chi connectivity index (χ4v) is 14.7. The Bertz CT molecular complexity index is 1940. The van der Waals surface area contributed by atoms with Gasteiger partial charge in [0.2, 0.25) is 5.91 Å². The minimum absolute atomic E-state index is 0.241. The van der Waals surface area contributed by atoms with Gasteiger partial charge in [0.25, 0.3) is 0 Å². The molecule has 19 heteroatoms. The van der Waals surface area contributed by atoms with Gasteiger partial charge in [-0.1, -0.05) is 353 Å². The minimum Gasteiger partial charge on any atom is -0.394 e. The number of hydrogen-bond donors (Lipinski definition) is 12. The lowest BCUT2D eigenvalue weighted by molar-refractivity contribution is -0.379. The summed E-state index contributed by atoms with van der Waals surface area (Å²) in [6.07, 6.45) is 52.1. The molecule has 0 aromatic carbocycles. The molecule has 1 amide bonds. The minimum atomic E-state index is -1.98. The van der Waals surface area contributed by atoms with E-state index in [2.05, 4.69) is 31.3 Å². The number of amides is 1. The van der Waals surface area contributed by atoms with Crippen molar-refractivity contribution in [1.82, 2.24) is 5.32 Å². The van der Waals surface area contributed by atoms with Crippen molar-refractivity contribution in [2.24, 2.45) is 0 Å². The quantitative estimate of drug-likeness (QED) is 0.0199. The van der Waals surface area contributed by atoms with Crippen molar-refractivity contribution in [2.45, 2.75) is 471 Å². The van der Waals surface area contributed by atoms with Crippen LogP contribution in [0, 0.1) is 0 Å². The molecule has 3 aliphatic heterocycles. The maximum Gasteiger partial charge on any atom is 0.220 e. The van der Waals surface area contributed by atoms with E-state index in [9.17, 15) is 61.0 Å². The zero-order valence-electron chi connectivity index (χ0n) is 64.6. The van der Waals surface area contributed by atoms with Crippen molar-refractivity contribution in [3.8, 4) is 0 Å². The van der Waals surface area contributed by atoms with E-state index in [1.54, 1.807) is 6.08 Å². The van der Waals surface area contributed by atoms with Crippen molar-refractivity contribution < 1.29 is 89.4 Å². The van der Waals surface area contributed by atoms with Gasteiger partial charge in [-0.3, -0.25) is 4.79 Å². The molecule has 17 unspecified atom stereocenters. The SMILES string of the molecule is CCCCCCCCCCCCCC/C=C/CC/C=C/C(O)C(COC1OC(CO)C(OC2OC(CO)C(OC3OC(CO)C(O)C(O)C3O)C(O)C2O)C(O)C1O)NC(=O)CCCCCCCCCCCCCCCCCCCCCCCCCCCCCCCCCCCCCCCCC. The van der Waals surface area contributed by atoms with Crippen LogP contribution in [0.15, 0.2) is 24.3 Å². The number of aliphatic hydroxyl groups is 11. The van der Waals surface area contributed by atoms with Crippen LogP contribution in [-0.2, 0) is 33.2 Å². The van der Waals surface area contributed by atoms with Crippen molar-refractivity contribution in [3.05, 3.63) is 24.3 Å². The molecule has 0 aromatic rings. The fourth-order valence-electron chi connectivity index (χ4n) is 14.7. The van der Waals surface area contributed by atoms with E-state index in [1.807, 2.05) is 6.08 Å². The Morgan fingerprint density at radius 2 is 0.627 bits per heavy atom. The number of unbranched alkanes of at least 4 members (excludes halogenated alkanes) is 51. The number of allylic oxidation sites excluding steroid dienone is 3. The summed E-state index contributed by atoms with van der Waals surface area (Å²) in [5, 5.41) is 121. The van der Waals surface area contributed by atoms with Crippen LogP contribution in [-0.4, -0.2) is 193 Å². The maximum atomic E-state index is 13.5.